The molecule has 0 aromatic heterocycles. The molecule has 0 N–H and O–H groups in total. The van der Waals surface area contributed by atoms with E-state index in [9.17, 15) is 4.39 Å². The van der Waals surface area contributed by atoms with Crippen LogP contribution in [-0.4, -0.2) is 0 Å². The van der Waals surface area contributed by atoms with E-state index in [4.69, 9.17) is 11.6 Å². The van der Waals surface area contributed by atoms with E-state index in [1.165, 1.54) is 11.6 Å². The molecule has 2 atom stereocenters. The van der Waals surface area contributed by atoms with Gasteiger partial charge in [0.15, 0.2) is 0 Å². The lowest BCUT2D eigenvalue weighted by molar-refractivity contribution is 0.608. The van der Waals surface area contributed by atoms with Crippen molar-refractivity contribution in [3.63, 3.8) is 0 Å². The summed E-state index contributed by atoms with van der Waals surface area (Å²) in [4.78, 5) is 0. The van der Waals surface area contributed by atoms with Gasteiger partial charge in [-0.05, 0) is 36.1 Å². The first-order valence-electron chi connectivity index (χ1n) is 5.92. The van der Waals surface area contributed by atoms with Gasteiger partial charge in [-0.25, -0.2) is 4.39 Å². The zero-order chi connectivity index (χ0) is 13.1. The van der Waals surface area contributed by atoms with Crippen LogP contribution in [0.25, 0.3) is 0 Å². The Morgan fingerprint density at radius 1 is 1.06 bits per heavy atom. The molecule has 2 rings (SSSR count). The van der Waals surface area contributed by atoms with Gasteiger partial charge in [-0.3, -0.25) is 0 Å². The zero-order valence-electron chi connectivity index (χ0n) is 10.2. The third-order valence-electron chi connectivity index (χ3n) is 3.03. The van der Waals surface area contributed by atoms with E-state index in [1.54, 1.807) is 12.1 Å². The Morgan fingerprint density at radius 3 is 2.28 bits per heavy atom. The van der Waals surface area contributed by atoms with Crippen LogP contribution < -0.4 is 0 Å². The smallest absolute Gasteiger partial charge is 0.141 e. The normalized spacial score (nSPS) is 12.7. The second-order valence-electron chi connectivity index (χ2n) is 4.54. The van der Waals surface area contributed by atoms with Gasteiger partial charge in [-0.1, -0.05) is 54.9 Å². The number of halogens is 2. The van der Waals surface area contributed by atoms with Crippen molar-refractivity contribution in [1.82, 2.24) is 0 Å². The molecule has 0 aliphatic rings. The highest BCUT2D eigenvalue weighted by atomic mass is 35.5. The quantitative estimate of drug-likeness (QED) is 0.723. The first-order valence-corrected chi connectivity index (χ1v) is 6.30. The number of rotatable bonds is 3. The predicted octanol–water partition coefficient (Wildman–Crippen LogP) is 5.08. The van der Waals surface area contributed by atoms with E-state index in [2.05, 4.69) is 26.0 Å². The Kier molecular flexibility index (Phi) is 4.03. The summed E-state index contributed by atoms with van der Waals surface area (Å²) in [6, 6.07) is 15.0. The van der Waals surface area contributed by atoms with E-state index in [-0.39, 0.29) is 22.7 Å². The highest BCUT2D eigenvalue weighted by Gasteiger charge is 2.18. The average Bonchev–Trinajstić information content (AvgIpc) is 2.35. The van der Waals surface area contributed by atoms with Crippen LogP contribution in [0.2, 0.25) is 5.02 Å². The van der Waals surface area contributed by atoms with Crippen molar-refractivity contribution >= 4 is 11.6 Å². The van der Waals surface area contributed by atoms with E-state index in [0.29, 0.717) is 0 Å². The van der Waals surface area contributed by atoms with E-state index < -0.39 is 0 Å². The average molecular weight is 262 g/mol. The Hall–Kier alpha value is -1.34. The SMILES string of the molecule is [CH2]C(C)C(c1ccccc1)c1ccc(F)c(Cl)c1. The molecule has 0 heterocycles. The maximum atomic E-state index is 13.2. The van der Waals surface area contributed by atoms with Gasteiger partial charge in [-0.15, -0.1) is 0 Å². The minimum absolute atomic E-state index is 0.129. The van der Waals surface area contributed by atoms with Crippen LogP contribution in [0.4, 0.5) is 4.39 Å². The summed E-state index contributed by atoms with van der Waals surface area (Å²) in [6.45, 7) is 6.16. The summed E-state index contributed by atoms with van der Waals surface area (Å²) in [7, 11) is 0. The van der Waals surface area contributed by atoms with Crippen LogP contribution in [0.3, 0.4) is 0 Å². The van der Waals surface area contributed by atoms with Crippen molar-refractivity contribution in [2.24, 2.45) is 5.92 Å². The lowest BCUT2D eigenvalue weighted by Crippen LogP contribution is -2.08. The van der Waals surface area contributed by atoms with Crippen LogP contribution >= 0.6 is 11.6 Å². The third-order valence-corrected chi connectivity index (χ3v) is 3.32. The first kappa shape index (κ1) is 13.1. The summed E-state index contributed by atoms with van der Waals surface area (Å²) < 4.78 is 13.2. The van der Waals surface area contributed by atoms with Crippen molar-refractivity contribution in [3.8, 4) is 0 Å². The molecule has 18 heavy (non-hydrogen) atoms. The van der Waals surface area contributed by atoms with Crippen molar-refractivity contribution < 1.29 is 4.39 Å². The number of hydrogen-bond donors (Lipinski definition) is 0. The van der Waals surface area contributed by atoms with E-state index in [0.717, 1.165) is 5.56 Å². The van der Waals surface area contributed by atoms with Gasteiger partial charge in [0, 0.05) is 5.92 Å². The summed E-state index contributed by atoms with van der Waals surface area (Å²) in [5.41, 5.74) is 2.16. The molecular weight excluding hydrogens is 247 g/mol. The molecule has 0 saturated heterocycles. The van der Waals surface area contributed by atoms with Crippen molar-refractivity contribution in [3.05, 3.63) is 77.4 Å². The van der Waals surface area contributed by atoms with Gasteiger partial charge >= 0.3 is 0 Å². The molecular formula is C16H15ClF. The summed E-state index contributed by atoms with van der Waals surface area (Å²) in [5.74, 6) is -0.0813. The summed E-state index contributed by atoms with van der Waals surface area (Å²) in [6.07, 6.45) is 0. The molecule has 93 valence electrons. The molecule has 2 unspecified atom stereocenters. The summed E-state index contributed by atoms with van der Waals surface area (Å²) >= 11 is 5.85. The molecule has 2 heteroatoms. The van der Waals surface area contributed by atoms with Gasteiger partial charge in [0.05, 0.1) is 5.02 Å². The predicted molar refractivity (Wildman–Crippen MR) is 74.2 cm³/mol. The standard InChI is InChI=1S/C16H15ClF/c1-11(2)16(12-6-4-3-5-7-12)13-8-9-15(18)14(17)10-13/h3-11,16H,1H2,2H3. The maximum absolute atomic E-state index is 13.2. The van der Waals surface area contributed by atoms with Gasteiger partial charge in [0.1, 0.15) is 5.82 Å². The number of hydrogen-bond acceptors (Lipinski definition) is 0. The number of benzene rings is 2. The molecule has 0 spiro atoms. The molecule has 0 amide bonds. The molecule has 0 aliphatic heterocycles. The van der Waals surface area contributed by atoms with Crippen LogP contribution in [0.5, 0.6) is 0 Å². The zero-order valence-corrected chi connectivity index (χ0v) is 11.0. The Morgan fingerprint density at radius 2 is 1.72 bits per heavy atom. The lowest BCUT2D eigenvalue weighted by atomic mass is 9.83. The molecule has 0 nitrogen and oxygen atoms in total. The second-order valence-corrected chi connectivity index (χ2v) is 4.95. The van der Waals surface area contributed by atoms with Gasteiger partial charge in [0.25, 0.3) is 0 Å². The lowest BCUT2D eigenvalue weighted by Gasteiger charge is -2.22. The van der Waals surface area contributed by atoms with Crippen LogP contribution in [0.1, 0.15) is 24.0 Å². The van der Waals surface area contributed by atoms with E-state index in [1.807, 2.05) is 18.2 Å². The molecule has 0 aliphatic carbocycles. The fourth-order valence-corrected chi connectivity index (χ4v) is 2.40. The fourth-order valence-electron chi connectivity index (χ4n) is 2.22. The molecule has 1 radical (unpaired) electrons. The van der Waals surface area contributed by atoms with Crippen molar-refractivity contribution in [2.75, 3.05) is 0 Å². The minimum atomic E-state index is -0.385. The van der Waals surface area contributed by atoms with Gasteiger partial charge < -0.3 is 0 Å². The van der Waals surface area contributed by atoms with E-state index >= 15 is 0 Å². The Bertz CT molecular complexity index is 520. The van der Waals surface area contributed by atoms with Crippen LogP contribution in [0.15, 0.2) is 48.5 Å². The Balaban J connectivity index is 2.45. The molecule has 0 bridgehead atoms. The van der Waals surface area contributed by atoms with Gasteiger partial charge in [-0.2, -0.15) is 0 Å². The Labute approximate surface area is 112 Å². The molecule has 2 aromatic rings. The third kappa shape index (κ3) is 2.73. The van der Waals surface area contributed by atoms with Crippen molar-refractivity contribution in [1.29, 1.82) is 0 Å². The monoisotopic (exact) mass is 261 g/mol. The minimum Gasteiger partial charge on any atom is -0.205 e. The van der Waals surface area contributed by atoms with Gasteiger partial charge in [0.2, 0.25) is 0 Å². The molecule has 2 aromatic carbocycles. The second kappa shape index (κ2) is 5.53. The van der Waals surface area contributed by atoms with Crippen LogP contribution in [-0.2, 0) is 0 Å². The largest absolute Gasteiger partial charge is 0.205 e. The molecule has 0 saturated carbocycles. The summed E-state index contributed by atoms with van der Waals surface area (Å²) in [5, 5.41) is 0.161. The fraction of sp³-hybridized carbons (Fsp3) is 0.188. The maximum Gasteiger partial charge on any atom is 0.141 e. The first-order chi connectivity index (χ1) is 8.59. The highest BCUT2D eigenvalue weighted by Crippen LogP contribution is 2.33. The van der Waals surface area contributed by atoms with Crippen molar-refractivity contribution in [2.45, 2.75) is 12.8 Å². The van der Waals surface area contributed by atoms with Crippen LogP contribution in [0, 0.1) is 18.7 Å². The topological polar surface area (TPSA) is 0 Å². The highest BCUT2D eigenvalue weighted by molar-refractivity contribution is 6.30. The molecule has 0 fully saturated rings.